The average Bonchev–Trinajstić information content (AvgIpc) is 2.55. The molecule has 1 unspecified atom stereocenters. The molecule has 0 aliphatic heterocycles. The van der Waals surface area contributed by atoms with Crippen LogP contribution >= 0.6 is 15.9 Å². The van der Waals surface area contributed by atoms with Gasteiger partial charge in [0.2, 0.25) is 0 Å². The van der Waals surface area contributed by atoms with Crippen molar-refractivity contribution in [2.45, 2.75) is 84.2 Å². The Balaban J connectivity index is 2.44. The van der Waals surface area contributed by atoms with Gasteiger partial charge in [-0.25, -0.2) is 4.79 Å². The largest absolute Gasteiger partial charge is 0.459 e. The summed E-state index contributed by atoms with van der Waals surface area (Å²) in [5.74, 6) is -0.204. The molecule has 0 saturated carbocycles. The van der Waals surface area contributed by atoms with Crippen molar-refractivity contribution in [2.75, 3.05) is 0 Å². The van der Waals surface area contributed by atoms with E-state index < -0.39 is 0 Å². The predicted molar refractivity (Wildman–Crippen MR) is 101 cm³/mol. The Morgan fingerprint density at radius 2 is 1.57 bits per heavy atom. The fraction of sp³-hybridized carbons (Fsp3) is 0.650. The van der Waals surface area contributed by atoms with Gasteiger partial charge in [0.1, 0.15) is 6.10 Å². The van der Waals surface area contributed by atoms with Gasteiger partial charge < -0.3 is 4.74 Å². The van der Waals surface area contributed by atoms with E-state index in [1.54, 1.807) is 0 Å². The van der Waals surface area contributed by atoms with Crippen molar-refractivity contribution in [2.24, 2.45) is 0 Å². The molecule has 1 rings (SSSR count). The fourth-order valence-corrected chi connectivity index (χ4v) is 3.13. The van der Waals surface area contributed by atoms with Crippen LogP contribution in [0, 0.1) is 0 Å². The van der Waals surface area contributed by atoms with Crippen LogP contribution in [0.15, 0.2) is 28.7 Å². The summed E-state index contributed by atoms with van der Waals surface area (Å²) in [7, 11) is 0. The van der Waals surface area contributed by atoms with Crippen molar-refractivity contribution in [1.82, 2.24) is 0 Å². The molecule has 1 aromatic rings. The summed E-state index contributed by atoms with van der Waals surface area (Å²) in [4.78, 5) is 12.4. The summed E-state index contributed by atoms with van der Waals surface area (Å²) < 4.78 is 6.58. The number of ether oxygens (including phenoxy) is 1. The van der Waals surface area contributed by atoms with Crippen LogP contribution in [-0.4, -0.2) is 12.1 Å². The lowest BCUT2D eigenvalue weighted by Gasteiger charge is -2.18. The first-order chi connectivity index (χ1) is 11.2. The molecule has 0 aliphatic carbocycles. The third kappa shape index (κ3) is 8.55. The van der Waals surface area contributed by atoms with E-state index in [1.807, 2.05) is 24.3 Å². The van der Waals surface area contributed by atoms with Crippen LogP contribution in [0.5, 0.6) is 0 Å². The molecule has 1 aromatic carbocycles. The first-order valence-corrected chi connectivity index (χ1v) is 9.93. The van der Waals surface area contributed by atoms with E-state index in [0.29, 0.717) is 5.56 Å². The maximum atomic E-state index is 12.4. The first kappa shape index (κ1) is 20.2. The molecule has 0 bridgehead atoms. The summed E-state index contributed by atoms with van der Waals surface area (Å²) in [5.41, 5.74) is 0.622. The highest BCUT2D eigenvalue weighted by Crippen LogP contribution is 2.20. The summed E-state index contributed by atoms with van der Waals surface area (Å²) in [6.07, 6.45) is 11.9. The molecule has 0 aliphatic rings. The number of carbonyl (C=O) groups excluding carboxylic acids is 1. The van der Waals surface area contributed by atoms with Crippen molar-refractivity contribution in [3.05, 3.63) is 34.3 Å². The van der Waals surface area contributed by atoms with Gasteiger partial charge in [-0.1, -0.05) is 70.9 Å². The molecule has 0 saturated heterocycles. The zero-order valence-electron chi connectivity index (χ0n) is 14.7. The van der Waals surface area contributed by atoms with Gasteiger partial charge in [-0.15, -0.1) is 0 Å². The first-order valence-electron chi connectivity index (χ1n) is 9.14. The van der Waals surface area contributed by atoms with Crippen LogP contribution < -0.4 is 0 Å². The molecule has 0 spiro atoms. The number of carbonyl (C=O) groups is 1. The highest BCUT2D eigenvalue weighted by Gasteiger charge is 2.17. The minimum absolute atomic E-state index is 0.0562. The number of rotatable bonds is 12. The smallest absolute Gasteiger partial charge is 0.339 e. The summed E-state index contributed by atoms with van der Waals surface area (Å²) in [5, 5.41) is 0. The molecule has 0 heterocycles. The van der Waals surface area contributed by atoms with Crippen molar-refractivity contribution in [1.29, 1.82) is 0 Å². The van der Waals surface area contributed by atoms with Gasteiger partial charge in [-0.2, -0.15) is 0 Å². The van der Waals surface area contributed by atoms with Crippen molar-refractivity contribution >= 4 is 21.9 Å². The zero-order valence-corrected chi connectivity index (χ0v) is 16.2. The minimum Gasteiger partial charge on any atom is -0.459 e. The zero-order chi connectivity index (χ0) is 16.9. The second-order valence-electron chi connectivity index (χ2n) is 6.21. The Morgan fingerprint density at radius 1 is 0.957 bits per heavy atom. The molecule has 0 radical (unpaired) electrons. The lowest BCUT2D eigenvalue weighted by atomic mass is 10.0. The number of esters is 1. The number of unbranched alkanes of at least 4 members (excludes halogenated alkanes) is 6. The summed E-state index contributed by atoms with van der Waals surface area (Å²) in [6, 6.07) is 7.47. The summed E-state index contributed by atoms with van der Waals surface area (Å²) >= 11 is 3.43. The van der Waals surface area contributed by atoms with Gasteiger partial charge >= 0.3 is 5.97 Å². The van der Waals surface area contributed by atoms with E-state index in [2.05, 4.69) is 29.8 Å². The van der Waals surface area contributed by atoms with E-state index in [4.69, 9.17) is 4.74 Å². The Kier molecular flexibility index (Phi) is 11.1. The van der Waals surface area contributed by atoms with Crippen LogP contribution in [-0.2, 0) is 4.74 Å². The van der Waals surface area contributed by atoms with Crippen molar-refractivity contribution in [3.63, 3.8) is 0 Å². The Labute approximate surface area is 150 Å². The standard InChI is InChI=1S/C20H31BrO2/c1-3-5-7-8-9-10-14-17(13-6-4-2)23-20(22)18-15-11-12-16-19(18)21/h11-12,15-17H,3-10,13-14H2,1-2H3. The third-order valence-corrected chi connectivity index (χ3v) is 4.82. The molecule has 0 fully saturated rings. The Morgan fingerprint density at radius 3 is 2.26 bits per heavy atom. The molecular weight excluding hydrogens is 352 g/mol. The van der Waals surface area contributed by atoms with Crippen LogP contribution in [0.3, 0.4) is 0 Å². The third-order valence-electron chi connectivity index (χ3n) is 4.13. The fourth-order valence-electron chi connectivity index (χ4n) is 2.69. The SMILES string of the molecule is CCCCCCCCC(CCCC)OC(=O)c1ccccc1Br. The second kappa shape index (κ2) is 12.6. The second-order valence-corrected chi connectivity index (χ2v) is 7.06. The number of hydrogen-bond donors (Lipinski definition) is 0. The Hall–Kier alpha value is -0.830. The molecule has 3 heteroatoms. The monoisotopic (exact) mass is 382 g/mol. The molecule has 0 amide bonds. The van der Waals surface area contributed by atoms with Crippen LogP contribution in [0.2, 0.25) is 0 Å². The van der Waals surface area contributed by atoms with Gasteiger partial charge in [0.15, 0.2) is 0 Å². The molecule has 2 nitrogen and oxygen atoms in total. The van der Waals surface area contributed by atoms with Crippen LogP contribution in [0.1, 0.15) is 88.4 Å². The Bertz CT molecular complexity index is 445. The highest BCUT2D eigenvalue weighted by atomic mass is 79.9. The molecule has 23 heavy (non-hydrogen) atoms. The number of hydrogen-bond acceptors (Lipinski definition) is 2. The maximum Gasteiger partial charge on any atom is 0.339 e. The molecule has 0 aromatic heterocycles. The quantitative estimate of drug-likeness (QED) is 0.289. The van der Waals surface area contributed by atoms with Crippen LogP contribution in [0.4, 0.5) is 0 Å². The number of halogens is 1. The summed E-state index contributed by atoms with van der Waals surface area (Å²) in [6.45, 7) is 4.42. The number of benzene rings is 1. The van der Waals surface area contributed by atoms with E-state index >= 15 is 0 Å². The van der Waals surface area contributed by atoms with Crippen LogP contribution in [0.25, 0.3) is 0 Å². The maximum absolute atomic E-state index is 12.4. The molecular formula is C20H31BrO2. The predicted octanol–water partition coefficient (Wildman–Crippen LogP) is 6.92. The highest BCUT2D eigenvalue weighted by molar-refractivity contribution is 9.10. The molecule has 130 valence electrons. The van der Waals surface area contributed by atoms with Gasteiger partial charge in [-0.05, 0) is 47.3 Å². The van der Waals surface area contributed by atoms with Gasteiger partial charge in [0.05, 0.1) is 5.56 Å². The van der Waals surface area contributed by atoms with E-state index in [9.17, 15) is 4.79 Å². The van der Waals surface area contributed by atoms with Crippen molar-refractivity contribution in [3.8, 4) is 0 Å². The lowest BCUT2D eigenvalue weighted by Crippen LogP contribution is -2.19. The van der Waals surface area contributed by atoms with Gasteiger partial charge in [0, 0.05) is 4.47 Å². The molecule has 0 N–H and O–H groups in total. The van der Waals surface area contributed by atoms with Crippen molar-refractivity contribution < 1.29 is 9.53 Å². The normalized spacial score (nSPS) is 12.1. The topological polar surface area (TPSA) is 26.3 Å². The van der Waals surface area contributed by atoms with E-state index in [-0.39, 0.29) is 12.1 Å². The van der Waals surface area contributed by atoms with E-state index in [1.165, 1.54) is 32.1 Å². The minimum atomic E-state index is -0.204. The van der Waals surface area contributed by atoms with Gasteiger partial charge in [0.25, 0.3) is 0 Å². The lowest BCUT2D eigenvalue weighted by molar-refractivity contribution is 0.0249. The van der Waals surface area contributed by atoms with E-state index in [0.717, 1.165) is 36.6 Å². The molecule has 1 atom stereocenters. The van der Waals surface area contributed by atoms with Gasteiger partial charge in [-0.3, -0.25) is 0 Å². The average molecular weight is 383 g/mol.